The Morgan fingerprint density at radius 3 is 3.08 bits per heavy atom. The molecule has 0 fully saturated rings. The number of nitrogens with two attached hydrogens (primary N) is 1. The van der Waals surface area contributed by atoms with Crippen molar-refractivity contribution in [1.82, 2.24) is 9.78 Å². The van der Waals surface area contributed by atoms with Gasteiger partial charge in [-0.2, -0.15) is 5.10 Å². The molecule has 4 heteroatoms. The summed E-state index contributed by atoms with van der Waals surface area (Å²) in [6, 6.07) is 4.12. The summed E-state index contributed by atoms with van der Waals surface area (Å²) < 4.78 is 1.80. The highest BCUT2D eigenvalue weighted by Crippen LogP contribution is 2.26. The summed E-state index contributed by atoms with van der Waals surface area (Å²) >= 11 is 1.71. The molecule has 0 aliphatic heterocycles. The maximum absolute atomic E-state index is 5.60. The number of thiophene rings is 1. The van der Waals surface area contributed by atoms with E-state index in [0.29, 0.717) is 6.54 Å². The Labute approximate surface area is 80.8 Å². The first-order valence-electron chi connectivity index (χ1n) is 4.07. The molecule has 2 rings (SSSR count). The molecule has 0 aromatic carbocycles. The second-order valence-corrected chi connectivity index (χ2v) is 3.79. The van der Waals surface area contributed by atoms with E-state index in [1.165, 1.54) is 4.88 Å². The summed E-state index contributed by atoms with van der Waals surface area (Å²) in [5, 5.41) is 6.34. The van der Waals surface area contributed by atoms with Crippen molar-refractivity contribution in [2.45, 2.75) is 6.54 Å². The van der Waals surface area contributed by atoms with Gasteiger partial charge in [-0.25, -0.2) is 0 Å². The van der Waals surface area contributed by atoms with E-state index < -0.39 is 0 Å². The van der Waals surface area contributed by atoms with Gasteiger partial charge >= 0.3 is 0 Å². The van der Waals surface area contributed by atoms with E-state index in [0.717, 1.165) is 11.3 Å². The smallest absolute Gasteiger partial charge is 0.0846 e. The van der Waals surface area contributed by atoms with E-state index in [4.69, 9.17) is 5.73 Å². The minimum Gasteiger partial charge on any atom is -0.325 e. The maximum atomic E-state index is 5.60. The number of nitrogens with zero attached hydrogens (tertiary/aromatic N) is 2. The molecule has 0 atom stereocenters. The Morgan fingerprint density at radius 2 is 2.46 bits per heavy atom. The van der Waals surface area contributed by atoms with E-state index in [9.17, 15) is 0 Å². The Hall–Kier alpha value is -1.13. The molecule has 0 radical (unpaired) electrons. The van der Waals surface area contributed by atoms with Crippen molar-refractivity contribution >= 4 is 11.3 Å². The Kier molecular flexibility index (Phi) is 2.16. The zero-order valence-corrected chi connectivity index (χ0v) is 8.21. The first kappa shape index (κ1) is 8.47. The lowest BCUT2D eigenvalue weighted by Gasteiger charge is -1.93. The summed E-state index contributed by atoms with van der Waals surface area (Å²) in [6.45, 7) is 0.494. The molecule has 0 saturated carbocycles. The van der Waals surface area contributed by atoms with E-state index in [1.54, 1.807) is 16.0 Å². The van der Waals surface area contributed by atoms with Crippen LogP contribution in [-0.4, -0.2) is 9.78 Å². The molecule has 2 heterocycles. The Balaban J connectivity index is 2.50. The number of aromatic nitrogens is 2. The molecule has 2 N–H and O–H groups in total. The highest BCUT2D eigenvalue weighted by molar-refractivity contribution is 7.13. The summed E-state index contributed by atoms with van der Waals surface area (Å²) in [5.41, 5.74) is 7.71. The van der Waals surface area contributed by atoms with Crippen LogP contribution in [0.15, 0.2) is 23.7 Å². The first-order chi connectivity index (χ1) is 6.31. The monoisotopic (exact) mass is 193 g/mol. The molecule has 0 aliphatic carbocycles. The van der Waals surface area contributed by atoms with E-state index in [2.05, 4.69) is 16.5 Å². The van der Waals surface area contributed by atoms with Crippen molar-refractivity contribution in [3.8, 4) is 10.4 Å². The largest absolute Gasteiger partial charge is 0.325 e. The molecule has 0 aliphatic rings. The van der Waals surface area contributed by atoms with Crippen LogP contribution in [-0.2, 0) is 13.6 Å². The fraction of sp³-hybridized carbons (Fsp3) is 0.222. The average Bonchev–Trinajstić information content (AvgIpc) is 2.71. The van der Waals surface area contributed by atoms with Gasteiger partial charge in [-0.1, -0.05) is 6.07 Å². The lowest BCUT2D eigenvalue weighted by Crippen LogP contribution is -1.99. The topological polar surface area (TPSA) is 43.8 Å². The van der Waals surface area contributed by atoms with Gasteiger partial charge in [0.05, 0.1) is 5.69 Å². The average molecular weight is 193 g/mol. The predicted molar refractivity (Wildman–Crippen MR) is 54.4 cm³/mol. The Morgan fingerprint density at radius 1 is 1.62 bits per heavy atom. The van der Waals surface area contributed by atoms with Gasteiger partial charge in [0.1, 0.15) is 0 Å². The van der Waals surface area contributed by atoms with Gasteiger partial charge in [-0.3, -0.25) is 4.68 Å². The number of hydrogen-bond donors (Lipinski definition) is 1. The van der Waals surface area contributed by atoms with Crippen LogP contribution >= 0.6 is 11.3 Å². The van der Waals surface area contributed by atoms with Gasteiger partial charge in [0.15, 0.2) is 0 Å². The molecule has 3 nitrogen and oxygen atoms in total. The summed E-state index contributed by atoms with van der Waals surface area (Å²) in [4.78, 5) is 1.23. The molecule has 13 heavy (non-hydrogen) atoms. The minimum absolute atomic E-state index is 0.494. The molecule has 68 valence electrons. The van der Waals surface area contributed by atoms with Crippen LogP contribution in [0, 0.1) is 0 Å². The molecule has 0 spiro atoms. The quantitative estimate of drug-likeness (QED) is 0.787. The number of hydrogen-bond acceptors (Lipinski definition) is 3. The fourth-order valence-electron chi connectivity index (χ4n) is 1.32. The fourth-order valence-corrected chi connectivity index (χ4v) is 2.08. The van der Waals surface area contributed by atoms with Crippen molar-refractivity contribution < 1.29 is 0 Å². The highest BCUT2D eigenvalue weighted by Gasteiger charge is 2.08. The van der Waals surface area contributed by atoms with Gasteiger partial charge in [-0.05, 0) is 11.4 Å². The number of aryl methyl sites for hydroxylation is 1. The third-order valence-corrected chi connectivity index (χ3v) is 2.79. The third kappa shape index (κ3) is 1.50. The lowest BCUT2D eigenvalue weighted by atomic mass is 10.2. The molecule has 2 aromatic rings. The molecule has 0 bridgehead atoms. The van der Waals surface area contributed by atoms with Crippen LogP contribution in [0.25, 0.3) is 10.4 Å². The Bertz CT molecular complexity index is 389. The zero-order valence-electron chi connectivity index (χ0n) is 7.40. The molecule has 0 amide bonds. The first-order valence-corrected chi connectivity index (χ1v) is 4.95. The number of rotatable bonds is 2. The van der Waals surface area contributed by atoms with Crippen LogP contribution in [0.4, 0.5) is 0 Å². The highest BCUT2D eigenvalue weighted by atomic mass is 32.1. The van der Waals surface area contributed by atoms with Crippen molar-refractivity contribution in [3.63, 3.8) is 0 Å². The zero-order chi connectivity index (χ0) is 9.26. The summed E-state index contributed by atoms with van der Waals surface area (Å²) in [5.74, 6) is 0. The van der Waals surface area contributed by atoms with Gasteiger partial charge in [0.2, 0.25) is 0 Å². The van der Waals surface area contributed by atoms with E-state index in [-0.39, 0.29) is 0 Å². The molecular weight excluding hydrogens is 182 g/mol. The van der Waals surface area contributed by atoms with Crippen LogP contribution in [0.2, 0.25) is 0 Å². The molecule has 0 saturated heterocycles. The standard InChI is InChI=1S/C9H11N3S/c1-12-6-7(8(5-10)11-12)9-3-2-4-13-9/h2-4,6H,5,10H2,1H3. The van der Waals surface area contributed by atoms with Gasteiger partial charge < -0.3 is 5.73 Å². The van der Waals surface area contributed by atoms with Crippen molar-refractivity contribution in [2.24, 2.45) is 12.8 Å². The van der Waals surface area contributed by atoms with Crippen molar-refractivity contribution in [2.75, 3.05) is 0 Å². The van der Waals surface area contributed by atoms with E-state index in [1.807, 2.05) is 19.3 Å². The second kappa shape index (κ2) is 3.32. The SMILES string of the molecule is Cn1cc(-c2cccs2)c(CN)n1. The van der Waals surface area contributed by atoms with E-state index >= 15 is 0 Å². The predicted octanol–water partition coefficient (Wildman–Crippen LogP) is 1.61. The van der Waals surface area contributed by atoms with Crippen molar-refractivity contribution in [3.05, 3.63) is 29.4 Å². The normalized spacial score (nSPS) is 10.6. The third-order valence-electron chi connectivity index (χ3n) is 1.89. The van der Waals surface area contributed by atoms with Crippen LogP contribution in [0.5, 0.6) is 0 Å². The molecule has 2 aromatic heterocycles. The van der Waals surface area contributed by atoms with Crippen LogP contribution in [0.3, 0.4) is 0 Å². The second-order valence-electron chi connectivity index (χ2n) is 2.84. The van der Waals surface area contributed by atoms with Gasteiger partial charge in [-0.15, -0.1) is 11.3 Å². The molecule has 0 unspecified atom stereocenters. The van der Waals surface area contributed by atoms with Crippen molar-refractivity contribution in [1.29, 1.82) is 0 Å². The molecular formula is C9H11N3S. The van der Waals surface area contributed by atoms with Crippen LogP contribution in [0.1, 0.15) is 5.69 Å². The lowest BCUT2D eigenvalue weighted by molar-refractivity contribution is 0.742. The maximum Gasteiger partial charge on any atom is 0.0846 e. The van der Waals surface area contributed by atoms with Gasteiger partial charge in [0.25, 0.3) is 0 Å². The minimum atomic E-state index is 0.494. The summed E-state index contributed by atoms with van der Waals surface area (Å²) in [6.07, 6.45) is 2.01. The van der Waals surface area contributed by atoms with Gasteiger partial charge in [0, 0.05) is 30.2 Å². The summed E-state index contributed by atoms with van der Waals surface area (Å²) in [7, 11) is 1.91. The van der Waals surface area contributed by atoms with Crippen LogP contribution < -0.4 is 5.73 Å².